The zero-order valence-electron chi connectivity index (χ0n) is 12.2. The molecule has 24 heavy (non-hydrogen) atoms. The van der Waals surface area contributed by atoms with E-state index in [-0.39, 0.29) is 21.9 Å². The van der Waals surface area contributed by atoms with Crippen LogP contribution in [0.5, 0.6) is 0 Å². The summed E-state index contributed by atoms with van der Waals surface area (Å²) >= 11 is 1.03. The van der Waals surface area contributed by atoms with Crippen LogP contribution in [0.3, 0.4) is 0 Å². The fourth-order valence-electron chi connectivity index (χ4n) is 2.47. The van der Waals surface area contributed by atoms with Crippen molar-refractivity contribution in [3.63, 3.8) is 0 Å². The summed E-state index contributed by atoms with van der Waals surface area (Å²) in [5, 5.41) is 18.9. The van der Waals surface area contributed by atoms with Gasteiger partial charge in [-0.25, -0.2) is 4.98 Å². The van der Waals surface area contributed by atoms with E-state index in [0.717, 1.165) is 11.3 Å². The summed E-state index contributed by atoms with van der Waals surface area (Å²) in [6.45, 7) is 0. The van der Waals surface area contributed by atoms with E-state index in [1.165, 1.54) is 0 Å². The maximum atomic E-state index is 11.6. The summed E-state index contributed by atoms with van der Waals surface area (Å²) < 4.78 is 0. The summed E-state index contributed by atoms with van der Waals surface area (Å²) in [4.78, 5) is 16.3. The summed E-state index contributed by atoms with van der Waals surface area (Å²) in [7, 11) is 0. The topological polar surface area (TPSA) is 156 Å². The summed E-state index contributed by atoms with van der Waals surface area (Å²) in [5.41, 5.74) is 19.2. The lowest BCUT2D eigenvalue weighted by molar-refractivity contribution is 0.100. The molecule has 6 N–H and O–H groups in total. The van der Waals surface area contributed by atoms with Gasteiger partial charge < -0.3 is 17.2 Å². The first-order valence-corrected chi connectivity index (χ1v) is 7.51. The molecule has 3 aromatic rings. The summed E-state index contributed by atoms with van der Waals surface area (Å²) in [5.74, 6) is -0.625. The minimum Gasteiger partial charge on any atom is -0.397 e. The van der Waals surface area contributed by atoms with Crippen LogP contribution in [0.4, 0.5) is 11.5 Å². The number of nitrogens with zero attached hydrogens (tertiary/aromatic N) is 3. The fourth-order valence-corrected chi connectivity index (χ4v) is 3.43. The molecule has 8 heteroatoms. The van der Waals surface area contributed by atoms with Gasteiger partial charge in [0.2, 0.25) is 0 Å². The number of aromatic nitrogens is 1. The molecule has 0 bridgehead atoms. The fraction of sp³-hybridized carbons (Fsp3) is 0. The Morgan fingerprint density at radius 1 is 1.12 bits per heavy atom. The molecule has 0 aliphatic rings. The van der Waals surface area contributed by atoms with E-state index >= 15 is 0 Å². The predicted molar refractivity (Wildman–Crippen MR) is 91.8 cm³/mol. The average molecular weight is 334 g/mol. The number of hydrogen-bond acceptors (Lipinski definition) is 7. The van der Waals surface area contributed by atoms with E-state index in [1.54, 1.807) is 24.3 Å². The second kappa shape index (κ2) is 5.54. The van der Waals surface area contributed by atoms with Crippen LogP contribution in [0.15, 0.2) is 24.3 Å². The van der Waals surface area contributed by atoms with Gasteiger partial charge in [-0.05, 0) is 17.7 Å². The van der Waals surface area contributed by atoms with Crippen molar-refractivity contribution in [1.29, 1.82) is 10.5 Å². The Kier molecular flexibility index (Phi) is 3.53. The van der Waals surface area contributed by atoms with Crippen molar-refractivity contribution >= 4 is 39.0 Å². The predicted octanol–water partition coefficient (Wildman–Crippen LogP) is 1.97. The van der Waals surface area contributed by atoms with E-state index in [9.17, 15) is 10.1 Å². The highest BCUT2D eigenvalue weighted by molar-refractivity contribution is 7.21. The van der Waals surface area contributed by atoms with E-state index < -0.39 is 5.91 Å². The highest BCUT2D eigenvalue weighted by atomic mass is 32.1. The standard InChI is InChI=1S/C16H10N6OS/c17-5-7-1-3-8(4-2-7)10-9(6-18)14(20)22-16-11(10)12(19)13(24-16)15(21)23/h1-4H,19H2,(H2,20,22)(H2,21,23). The van der Waals surface area contributed by atoms with Gasteiger partial charge in [-0.2, -0.15) is 10.5 Å². The number of rotatable bonds is 2. The third-order valence-corrected chi connectivity index (χ3v) is 4.66. The first-order chi connectivity index (χ1) is 11.5. The zero-order valence-corrected chi connectivity index (χ0v) is 13.0. The monoisotopic (exact) mass is 334 g/mol. The van der Waals surface area contributed by atoms with Crippen molar-refractivity contribution in [3.8, 4) is 23.3 Å². The van der Waals surface area contributed by atoms with Crippen LogP contribution in [-0.4, -0.2) is 10.9 Å². The molecule has 1 aromatic carbocycles. The maximum Gasteiger partial charge on any atom is 0.260 e. The van der Waals surface area contributed by atoms with Crippen molar-refractivity contribution in [2.75, 3.05) is 11.5 Å². The molecule has 0 saturated carbocycles. The number of primary amides is 1. The third-order valence-electron chi connectivity index (χ3n) is 3.54. The van der Waals surface area contributed by atoms with Gasteiger partial charge in [-0.1, -0.05) is 12.1 Å². The molecular weight excluding hydrogens is 324 g/mol. The number of nitriles is 2. The van der Waals surface area contributed by atoms with Crippen LogP contribution in [0.1, 0.15) is 20.8 Å². The summed E-state index contributed by atoms with van der Waals surface area (Å²) in [6, 6.07) is 10.7. The lowest BCUT2D eigenvalue weighted by Crippen LogP contribution is -2.10. The summed E-state index contributed by atoms with van der Waals surface area (Å²) in [6.07, 6.45) is 0. The lowest BCUT2D eigenvalue weighted by Gasteiger charge is -2.09. The van der Waals surface area contributed by atoms with Gasteiger partial charge in [0, 0.05) is 10.9 Å². The molecule has 1 amide bonds. The maximum absolute atomic E-state index is 11.6. The molecule has 0 saturated heterocycles. The molecule has 0 fully saturated rings. The van der Waals surface area contributed by atoms with Crippen LogP contribution in [-0.2, 0) is 0 Å². The van der Waals surface area contributed by atoms with Crippen LogP contribution in [0.25, 0.3) is 21.3 Å². The molecule has 0 atom stereocenters. The number of carbonyl (C=O) groups excluding carboxylic acids is 1. The Labute approximate surface area is 140 Å². The molecular formula is C16H10N6OS. The molecule has 0 aliphatic heterocycles. The van der Waals surface area contributed by atoms with E-state index in [1.807, 2.05) is 12.1 Å². The van der Waals surface area contributed by atoms with Gasteiger partial charge in [-0.15, -0.1) is 11.3 Å². The number of fused-ring (bicyclic) bond motifs is 1. The molecule has 0 radical (unpaired) electrons. The second-order valence-electron chi connectivity index (χ2n) is 4.94. The molecule has 7 nitrogen and oxygen atoms in total. The van der Waals surface area contributed by atoms with Crippen molar-refractivity contribution in [2.45, 2.75) is 0 Å². The van der Waals surface area contributed by atoms with Gasteiger partial charge in [0.1, 0.15) is 27.2 Å². The Morgan fingerprint density at radius 2 is 1.79 bits per heavy atom. The number of nitrogen functional groups attached to an aromatic ring is 2. The number of carbonyl (C=O) groups is 1. The van der Waals surface area contributed by atoms with Gasteiger partial charge in [-0.3, -0.25) is 4.79 Å². The number of amides is 1. The van der Waals surface area contributed by atoms with Crippen LogP contribution >= 0.6 is 11.3 Å². The SMILES string of the molecule is N#Cc1ccc(-c2c(C#N)c(N)nc3sc(C(N)=O)c(N)c23)cc1. The molecule has 3 rings (SSSR count). The molecule has 116 valence electrons. The van der Waals surface area contributed by atoms with Gasteiger partial charge in [0.05, 0.1) is 17.3 Å². The third kappa shape index (κ3) is 2.19. The molecule has 0 aliphatic carbocycles. The van der Waals surface area contributed by atoms with Crippen LogP contribution in [0, 0.1) is 22.7 Å². The number of benzene rings is 1. The van der Waals surface area contributed by atoms with Crippen molar-refractivity contribution in [1.82, 2.24) is 4.98 Å². The Bertz CT molecular complexity index is 1070. The van der Waals surface area contributed by atoms with Gasteiger partial charge in [0.25, 0.3) is 5.91 Å². The first kappa shape index (κ1) is 15.3. The largest absolute Gasteiger partial charge is 0.397 e. The minimum absolute atomic E-state index is 0.0432. The number of pyridine rings is 1. The number of hydrogen-bond donors (Lipinski definition) is 3. The highest BCUT2D eigenvalue weighted by Gasteiger charge is 2.23. The minimum atomic E-state index is -0.668. The van der Waals surface area contributed by atoms with Crippen molar-refractivity contribution in [2.24, 2.45) is 5.73 Å². The number of thiophene rings is 1. The van der Waals surface area contributed by atoms with E-state index in [4.69, 9.17) is 22.5 Å². The molecule has 2 aromatic heterocycles. The normalized spacial score (nSPS) is 10.2. The average Bonchev–Trinajstić information content (AvgIpc) is 2.90. The second-order valence-corrected chi connectivity index (χ2v) is 5.94. The Balaban J connectivity index is 2.45. The van der Waals surface area contributed by atoms with Gasteiger partial charge >= 0.3 is 0 Å². The van der Waals surface area contributed by atoms with Crippen molar-refractivity contribution in [3.05, 3.63) is 40.3 Å². The lowest BCUT2D eigenvalue weighted by atomic mass is 9.96. The highest BCUT2D eigenvalue weighted by Crippen LogP contribution is 2.42. The van der Waals surface area contributed by atoms with Gasteiger partial charge in [0.15, 0.2) is 0 Å². The van der Waals surface area contributed by atoms with Crippen molar-refractivity contribution < 1.29 is 4.79 Å². The van der Waals surface area contributed by atoms with E-state index in [2.05, 4.69) is 4.98 Å². The Morgan fingerprint density at radius 3 is 2.33 bits per heavy atom. The van der Waals surface area contributed by atoms with E-state index in [0.29, 0.717) is 26.9 Å². The first-order valence-electron chi connectivity index (χ1n) is 6.69. The number of anilines is 2. The Hall–Kier alpha value is -3.62. The molecule has 0 spiro atoms. The zero-order chi connectivity index (χ0) is 17.4. The quantitative estimate of drug-likeness (QED) is 0.650. The number of nitrogens with two attached hydrogens (primary N) is 3. The van der Waals surface area contributed by atoms with Crippen LogP contribution < -0.4 is 17.2 Å². The molecule has 2 heterocycles. The van der Waals surface area contributed by atoms with Crippen LogP contribution in [0.2, 0.25) is 0 Å². The molecule has 0 unspecified atom stereocenters. The smallest absolute Gasteiger partial charge is 0.260 e.